The number of hydrogen-bond acceptors (Lipinski definition) is 4. The molecule has 6 heteroatoms. The SMILES string of the molecule is CCOC(=O)c1c(CCc2ccc(F)cc2)cc2c3n(c(O)c2c1O)CCC3. The molecule has 1 aliphatic rings. The van der Waals surface area contributed by atoms with Gasteiger partial charge in [-0.15, -0.1) is 0 Å². The molecule has 2 heterocycles. The quantitative estimate of drug-likeness (QED) is 0.651. The first-order chi connectivity index (χ1) is 13.5. The van der Waals surface area contributed by atoms with Crippen molar-refractivity contribution in [3.63, 3.8) is 0 Å². The molecule has 4 rings (SSSR count). The zero-order chi connectivity index (χ0) is 19.8. The van der Waals surface area contributed by atoms with Crippen molar-refractivity contribution in [1.82, 2.24) is 4.57 Å². The van der Waals surface area contributed by atoms with Crippen molar-refractivity contribution in [2.45, 2.75) is 39.2 Å². The molecule has 0 saturated carbocycles. The van der Waals surface area contributed by atoms with E-state index < -0.39 is 5.97 Å². The second kappa shape index (κ2) is 7.19. The predicted octanol–water partition coefficient (Wildman–Crippen LogP) is 4.10. The summed E-state index contributed by atoms with van der Waals surface area (Å²) in [5.41, 5.74) is 2.66. The number of nitrogens with zero attached hydrogens (tertiary/aromatic N) is 1. The number of hydrogen-bond donors (Lipinski definition) is 2. The molecule has 28 heavy (non-hydrogen) atoms. The summed E-state index contributed by atoms with van der Waals surface area (Å²) in [6.45, 7) is 2.58. The Morgan fingerprint density at radius 1 is 1.21 bits per heavy atom. The van der Waals surface area contributed by atoms with Gasteiger partial charge in [0.15, 0.2) is 0 Å². The molecule has 2 N–H and O–H groups in total. The smallest absolute Gasteiger partial charge is 0.342 e. The average molecular weight is 383 g/mol. The Kier molecular flexibility index (Phi) is 4.71. The fourth-order valence-corrected chi connectivity index (χ4v) is 4.06. The molecule has 0 saturated heterocycles. The van der Waals surface area contributed by atoms with Crippen LogP contribution in [0.1, 0.15) is 40.5 Å². The molecule has 2 aromatic carbocycles. The molecule has 0 atom stereocenters. The Morgan fingerprint density at radius 2 is 1.96 bits per heavy atom. The number of carbonyl (C=O) groups excluding carboxylic acids is 1. The Balaban J connectivity index is 1.81. The first-order valence-electron chi connectivity index (χ1n) is 9.51. The largest absolute Gasteiger partial charge is 0.506 e. The standard InChI is InChI=1S/C22H22FNO4/c1-2-28-22(27)18-14(8-5-13-6-9-15(23)10-7-13)12-16-17-4-3-11-24(17)21(26)19(16)20(18)25/h6-7,9-10,12,25-26H,2-5,8,11H2,1H3. The van der Waals surface area contributed by atoms with Crippen molar-refractivity contribution in [1.29, 1.82) is 0 Å². The number of fused-ring (bicyclic) bond motifs is 3. The second-order valence-corrected chi connectivity index (χ2v) is 7.05. The lowest BCUT2D eigenvalue weighted by atomic mass is 9.95. The van der Waals surface area contributed by atoms with Gasteiger partial charge in [0, 0.05) is 17.6 Å². The van der Waals surface area contributed by atoms with Crippen molar-refractivity contribution in [2.24, 2.45) is 0 Å². The van der Waals surface area contributed by atoms with E-state index in [0.29, 0.717) is 30.3 Å². The third-order valence-electron chi connectivity index (χ3n) is 5.37. The van der Waals surface area contributed by atoms with Gasteiger partial charge in [-0.25, -0.2) is 9.18 Å². The summed E-state index contributed by atoms with van der Waals surface area (Å²) in [6.07, 6.45) is 2.81. The van der Waals surface area contributed by atoms with E-state index in [9.17, 15) is 19.4 Å². The molecule has 0 unspecified atom stereocenters. The fourth-order valence-electron chi connectivity index (χ4n) is 4.06. The topological polar surface area (TPSA) is 71.7 Å². The lowest BCUT2D eigenvalue weighted by Gasteiger charge is -2.13. The first kappa shape index (κ1) is 18.3. The fraction of sp³-hybridized carbons (Fsp3) is 0.318. The number of ether oxygens (including phenoxy) is 1. The lowest BCUT2D eigenvalue weighted by Crippen LogP contribution is -2.10. The number of phenols is 1. The van der Waals surface area contributed by atoms with E-state index in [-0.39, 0.29) is 29.6 Å². The molecule has 0 fully saturated rings. The van der Waals surface area contributed by atoms with E-state index >= 15 is 0 Å². The van der Waals surface area contributed by atoms with Crippen LogP contribution in [0, 0.1) is 5.82 Å². The zero-order valence-corrected chi connectivity index (χ0v) is 15.7. The summed E-state index contributed by atoms with van der Waals surface area (Å²) in [5.74, 6) is -1.14. The molecular formula is C22H22FNO4. The van der Waals surface area contributed by atoms with Crippen molar-refractivity contribution in [2.75, 3.05) is 6.61 Å². The summed E-state index contributed by atoms with van der Waals surface area (Å²) in [4.78, 5) is 12.6. The van der Waals surface area contributed by atoms with E-state index in [2.05, 4.69) is 0 Å². The number of benzene rings is 2. The maximum absolute atomic E-state index is 13.1. The van der Waals surface area contributed by atoms with Gasteiger partial charge in [0.1, 0.15) is 17.1 Å². The summed E-state index contributed by atoms with van der Waals surface area (Å²) < 4.78 is 20.1. The van der Waals surface area contributed by atoms with Crippen molar-refractivity contribution in [3.05, 3.63) is 58.5 Å². The van der Waals surface area contributed by atoms with Gasteiger partial charge in [-0.3, -0.25) is 0 Å². The molecule has 1 aliphatic heterocycles. The maximum Gasteiger partial charge on any atom is 0.342 e. The molecule has 0 radical (unpaired) electrons. The minimum absolute atomic E-state index is 0.00404. The number of aromatic hydroxyl groups is 2. The third-order valence-corrected chi connectivity index (χ3v) is 5.37. The highest BCUT2D eigenvalue weighted by Gasteiger charge is 2.28. The van der Waals surface area contributed by atoms with Crippen molar-refractivity contribution >= 4 is 16.7 Å². The van der Waals surface area contributed by atoms with Crippen LogP contribution < -0.4 is 0 Å². The summed E-state index contributed by atoms with van der Waals surface area (Å²) in [5, 5.41) is 22.5. The van der Waals surface area contributed by atoms with Gasteiger partial charge in [0.25, 0.3) is 0 Å². The van der Waals surface area contributed by atoms with Gasteiger partial charge in [0.2, 0.25) is 5.88 Å². The normalized spacial score (nSPS) is 13.1. The first-order valence-corrected chi connectivity index (χ1v) is 9.51. The zero-order valence-electron chi connectivity index (χ0n) is 15.7. The number of aromatic nitrogens is 1. The Hall–Kier alpha value is -3.02. The molecule has 5 nitrogen and oxygen atoms in total. The molecule has 0 spiro atoms. The molecule has 146 valence electrons. The van der Waals surface area contributed by atoms with Gasteiger partial charge in [-0.2, -0.15) is 0 Å². The van der Waals surface area contributed by atoms with Gasteiger partial charge >= 0.3 is 5.97 Å². The minimum atomic E-state index is -0.609. The van der Waals surface area contributed by atoms with E-state index in [1.54, 1.807) is 23.6 Å². The van der Waals surface area contributed by atoms with Gasteiger partial charge in [0.05, 0.1) is 12.0 Å². The van der Waals surface area contributed by atoms with Gasteiger partial charge < -0.3 is 19.5 Å². The van der Waals surface area contributed by atoms with Crippen LogP contribution >= 0.6 is 0 Å². The van der Waals surface area contributed by atoms with Gasteiger partial charge in [-0.1, -0.05) is 12.1 Å². The molecule has 0 bridgehead atoms. The van der Waals surface area contributed by atoms with Crippen LogP contribution in [0.4, 0.5) is 4.39 Å². The summed E-state index contributed by atoms with van der Waals surface area (Å²) in [7, 11) is 0. The number of phenolic OH excluding ortho intramolecular Hbond substituents is 1. The lowest BCUT2D eigenvalue weighted by molar-refractivity contribution is 0.0522. The van der Waals surface area contributed by atoms with Crippen LogP contribution in [0.25, 0.3) is 10.8 Å². The van der Waals surface area contributed by atoms with Crippen LogP contribution in [0.2, 0.25) is 0 Å². The van der Waals surface area contributed by atoms with E-state index in [4.69, 9.17) is 4.74 Å². The Labute approximate surface area is 162 Å². The maximum atomic E-state index is 13.1. The molecule has 1 aromatic heterocycles. The van der Waals surface area contributed by atoms with Gasteiger partial charge in [-0.05, 0) is 61.9 Å². The highest BCUT2D eigenvalue weighted by atomic mass is 19.1. The van der Waals surface area contributed by atoms with Crippen LogP contribution in [-0.2, 0) is 30.5 Å². The highest BCUT2D eigenvalue weighted by molar-refractivity contribution is 6.06. The molecular weight excluding hydrogens is 361 g/mol. The number of rotatable bonds is 5. The third kappa shape index (κ3) is 2.99. The number of carbonyl (C=O) groups is 1. The van der Waals surface area contributed by atoms with Crippen molar-refractivity contribution in [3.8, 4) is 11.6 Å². The molecule has 0 aliphatic carbocycles. The highest BCUT2D eigenvalue weighted by Crippen LogP contribution is 2.44. The predicted molar refractivity (Wildman–Crippen MR) is 103 cm³/mol. The van der Waals surface area contributed by atoms with E-state index in [1.807, 2.05) is 6.07 Å². The van der Waals surface area contributed by atoms with Crippen LogP contribution in [-0.4, -0.2) is 27.4 Å². The molecule has 3 aromatic rings. The Bertz CT molecular complexity index is 1050. The van der Waals surface area contributed by atoms with Crippen LogP contribution in [0.15, 0.2) is 30.3 Å². The number of aryl methyl sites for hydroxylation is 3. The van der Waals surface area contributed by atoms with Crippen LogP contribution in [0.5, 0.6) is 11.6 Å². The monoisotopic (exact) mass is 383 g/mol. The minimum Gasteiger partial charge on any atom is -0.506 e. The van der Waals surface area contributed by atoms with Crippen molar-refractivity contribution < 1.29 is 24.1 Å². The van der Waals surface area contributed by atoms with Crippen LogP contribution in [0.3, 0.4) is 0 Å². The summed E-state index contributed by atoms with van der Waals surface area (Å²) >= 11 is 0. The summed E-state index contributed by atoms with van der Waals surface area (Å²) in [6, 6.07) is 8.10. The van der Waals surface area contributed by atoms with E-state index in [1.165, 1.54) is 12.1 Å². The molecule has 0 amide bonds. The van der Waals surface area contributed by atoms with E-state index in [0.717, 1.165) is 29.5 Å². The second-order valence-electron chi connectivity index (χ2n) is 7.05. The Morgan fingerprint density at radius 3 is 2.68 bits per heavy atom. The average Bonchev–Trinajstić information content (AvgIpc) is 3.25. The number of esters is 1. The number of halogens is 1.